The molecule has 0 aliphatic carbocycles. The van der Waals surface area contributed by atoms with Gasteiger partial charge in [0.05, 0.1) is 11.9 Å². The van der Waals surface area contributed by atoms with Crippen LogP contribution in [0.2, 0.25) is 0 Å². The normalized spacial score (nSPS) is 12.0. The Morgan fingerprint density at radius 3 is 2.44 bits per heavy atom. The zero-order valence-electron chi connectivity index (χ0n) is 15.8. The van der Waals surface area contributed by atoms with Crippen molar-refractivity contribution < 1.29 is 9.53 Å². The molecule has 3 rings (SSSR count). The van der Waals surface area contributed by atoms with E-state index in [9.17, 15) is 4.79 Å². The molecule has 1 atom stereocenters. The topological polar surface area (TPSA) is 57.0 Å². The van der Waals surface area contributed by atoms with Crippen LogP contribution in [0.4, 0.5) is 0 Å². The van der Waals surface area contributed by atoms with Crippen molar-refractivity contribution in [2.24, 2.45) is 0 Å². The molecule has 1 heterocycles. The number of ketones is 1. The van der Waals surface area contributed by atoms with E-state index in [0.29, 0.717) is 18.2 Å². The fourth-order valence-corrected chi connectivity index (χ4v) is 3.51. The van der Waals surface area contributed by atoms with Gasteiger partial charge in [0.25, 0.3) is 0 Å². The van der Waals surface area contributed by atoms with Crippen LogP contribution < -0.4 is 4.74 Å². The van der Waals surface area contributed by atoms with Crippen LogP contribution in [-0.4, -0.2) is 32.4 Å². The Kier molecular flexibility index (Phi) is 6.29. The van der Waals surface area contributed by atoms with Gasteiger partial charge in [-0.25, -0.2) is 0 Å². The molecular weight excluding hydrogens is 358 g/mol. The summed E-state index contributed by atoms with van der Waals surface area (Å²) in [5.74, 6) is 1.78. The number of carbonyl (C=O) groups is 1. The van der Waals surface area contributed by atoms with Gasteiger partial charge in [0.15, 0.2) is 5.16 Å². The minimum atomic E-state index is -0.180. The van der Waals surface area contributed by atoms with Crippen molar-refractivity contribution in [1.82, 2.24) is 14.8 Å². The molecule has 5 nitrogen and oxygen atoms in total. The highest BCUT2D eigenvalue weighted by atomic mass is 32.2. The van der Waals surface area contributed by atoms with Crippen molar-refractivity contribution >= 4 is 17.5 Å². The molecule has 0 radical (unpaired) electrons. The van der Waals surface area contributed by atoms with Crippen molar-refractivity contribution in [2.75, 3.05) is 6.61 Å². The molecule has 0 N–H and O–H groups in total. The number of carbonyl (C=O) groups excluding carboxylic acids is 1. The highest BCUT2D eigenvalue weighted by Crippen LogP contribution is 2.28. The van der Waals surface area contributed by atoms with Crippen LogP contribution in [0.25, 0.3) is 5.69 Å². The first kappa shape index (κ1) is 19.2. The third-order valence-electron chi connectivity index (χ3n) is 4.17. The number of Topliss-reactive ketones (excluding diaryl/α,β-unsaturated/α-hetero) is 1. The molecule has 0 fully saturated rings. The SMILES string of the molecule is CCOc1ccc(-n2c(Cc3ccccc3)nnc2S[C@@H](C)C(C)=O)cc1. The number of aromatic nitrogens is 3. The molecule has 2 aromatic carbocycles. The van der Waals surface area contributed by atoms with E-state index in [0.717, 1.165) is 22.8 Å². The summed E-state index contributed by atoms with van der Waals surface area (Å²) in [6.45, 7) is 6.08. The second kappa shape index (κ2) is 8.86. The summed E-state index contributed by atoms with van der Waals surface area (Å²) < 4.78 is 7.56. The first-order valence-electron chi connectivity index (χ1n) is 8.97. The Labute approximate surface area is 163 Å². The summed E-state index contributed by atoms with van der Waals surface area (Å²) in [6, 6.07) is 18.0. The second-order valence-electron chi connectivity index (χ2n) is 6.19. The second-order valence-corrected chi connectivity index (χ2v) is 7.50. The van der Waals surface area contributed by atoms with Crippen LogP contribution in [0.15, 0.2) is 59.8 Å². The molecule has 0 aliphatic rings. The third kappa shape index (κ3) is 4.77. The standard InChI is InChI=1S/C21H23N3O2S/c1-4-26-19-12-10-18(11-13-19)24-20(14-17-8-6-5-7-9-17)22-23-21(24)27-16(3)15(2)25/h5-13,16H,4,14H2,1-3H3/t16-/m0/s1. The lowest BCUT2D eigenvalue weighted by Crippen LogP contribution is -2.11. The van der Waals surface area contributed by atoms with Gasteiger partial charge in [-0.1, -0.05) is 42.1 Å². The maximum absolute atomic E-state index is 11.7. The van der Waals surface area contributed by atoms with Gasteiger partial charge in [0, 0.05) is 12.1 Å². The van der Waals surface area contributed by atoms with Gasteiger partial charge in [-0.2, -0.15) is 0 Å². The first-order chi connectivity index (χ1) is 13.1. The van der Waals surface area contributed by atoms with Crippen LogP contribution in [0.5, 0.6) is 5.75 Å². The van der Waals surface area contributed by atoms with Gasteiger partial charge < -0.3 is 4.74 Å². The Morgan fingerprint density at radius 2 is 1.81 bits per heavy atom. The monoisotopic (exact) mass is 381 g/mol. The molecule has 0 unspecified atom stereocenters. The smallest absolute Gasteiger partial charge is 0.196 e. The summed E-state index contributed by atoms with van der Waals surface area (Å²) in [5, 5.41) is 9.31. The number of nitrogens with zero attached hydrogens (tertiary/aromatic N) is 3. The molecule has 0 saturated heterocycles. The quantitative estimate of drug-likeness (QED) is 0.544. The minimum Gasteiger partial charge on any atom is -0.494 e. The van der Waals surface area contributed by atoms with E-state index in [1.165, 1.54) is 11.8 Å². The number of rotatable bonds is 8. The fourth-order valence-electron chi connectivity index (χ4n) is 2.63. The molecule has 0 saturated carbocycles. The summed E-state index contributed by atoms with van der Waals surface area (Å²) in [6.07, 6.45) is 0.663. The third-order valence-corrected chi connectivity index (χ3v) is 5.33. The van der Waals surface area contributed by atoms with E-state index in [1.807, 2.05) is 60.9 Å². The molecule has 0 amide bonds. The van der Waals surface area contributed by atoms with Gasteiger partial charge in [0.1, 0.15) is 17.4 Å². The van der Waals surface area contributed by atoms with Crippen LogP contribution in [0.1, 0.15) is 32.2 Å². The van der Waals surface area contributed by atoms with Crippen molar-refractivity contribution in [1.29, 1.82) is 0 Å². The van der Waals surface area contributed by atoms with Gasteiger partial charge >= 0.3 is 0 Å². The van der Waals surface area contributed by atoms with E-state index in [-0.39, 0.29) is 11.0 Å². The number of hydrogen-bond donors (Lipinski definition) is 0. The molecule has 3 aromatic rings. The zero-order chi connectivity index (χ0) is 19.2. The minimum absolute atomic E-state index is 0.117. The lowest BCUT2D eigenvalue weighted by atomic mass is 10.1. The van der Waals surface area contributed by atoms with E-state index < -0.39 is 0 Å². The molecule has 140 valence electrons. The number of ether oxygens (including phenoxy) is 1. The highest BCUT2D eigenvalue weighted by molar-refractivity contribution is 8.00. The van der Waals surface area contributed by atoms with Crippen molar-refractivity contribution in [2.45, 2.75) is 37.6 Å². The first-order valence-corrected chi connectivity index (χ1v) is 9.85. The molecular formula is C21H23N3O2S. The van der Waals surface area contributed by atoms with E-state index >= 15 is 0 Å². The van der Waals surface area contributed by atoms with Crippen LogP contribution in [0.3, 0.4) is 0 Å². The zero-order valence-corrected chi connectivity index (χ0v) is 16.6. The molecule has 0 aliphatic heterocycles. The average Bonchev–Trinajstić information content (AvgIpc) is 3.05. The fraction of sp³-hybridized carbons (Fsp3) is 0.286. The van der Waals surface area contributed by atoms with Gasteiger partial charge in [-0.15, -0.1) is 10.2 Å². The van der Waals surface area contributed by atoms with Crippen LogP contribution >= 0.6 is 11.8 Å². The summed E-state index contributed by atoms with van der Waals surface area (Å²) in [5.41, 5.74) is 2.11. The summed E-state index contributed by atoms with van der Waals surface area (Å²) >= 11 is 1.43. The maximum atomic E-state index is 11.7. The van der Waals surface area contributed by atoms with Crippen molar-refractivity contribution in [3.8, 4) is 11.4 Å². The Hall–Kier alpha value is -2.60. The Bertz CT molecular complexity index is 892. The Balaban J connectivity index is 1.98. The highest BCUT2D eigenvalue weighted by Gasteiger charge is 2.19. The predicted molar refractivity (Wildman–Crippen MR) is 108 cm³/mol. The molecule has 1 aromatic heterocycles. The van der Waals surface area contributed by atoms with E-state index in [4.69, 9.17) is 4.74 Å². The molecule has 27 heavy (non-hydrogen) atoms. The average molecular weight is 382 g/mol. The van der Waals surface area contributed by atoms with Crippen molar-refractivity contribution in [3.05, 3.63) is 66.0 Å². The van der Waals surface area contributed by atoms with Crippen LogP contribution in [-0.2, 0) is 11.2 Å². The Morgan fingerprint density at radius 1 is 1.11 bits per heavy atom. The lowest BCUT2D eigenvalue weighted by molar-refractivity contribution is -0.116. The molecule has 0 bridgehead atoms. The molecule has 6 heteroatoms. The maximum Gasteiger partial charge on any atom is 0.196 e. The number of hydrogen-bond acceptors (Lipinski definition) is 5. The van der Waals surface area contributed by atoms with Crippen molar-refractivity contribution in [3.63, 3.8) is 0 Å². The van der Waals surface area contributed by atoms with Gasteiger partial charge in [0.2, 0.25) is 0 Å². The lowest BCUT2D eigenvalue weighted by Gasteiger charge is -2.13. The largest absolute Gasteiger partial charge is 0.494 e. The van der Waals surface area contributed by atoms with Gasteiger partial charge in [-0.3, -0.25) is 9.36 Å². The predicted octanol–water partition coefficient (Wildman–Crippen LogP) is 4.33. The molecule has 0 spiro atoms. The number of thioether (sulfide) groups is 1. The van der Waals surface area contributed by atoms with Crippen LogP contribution in [0, 0.1) is 0 Å². The number of benzene rings is 2. The summed E-state index contributed by atoms with van der Waals surface area (Å²) in [4.78, 5) is 11.7. The summed E-state index contributed by atoms with van der Waals surface area (Å²) in [7, 11) is 0. The van der Waals surface area contributed by atoms with Gasteiger partial charge in [-0.05, 0) is 50.6 Å². The van der Waals surface area contributed by atoms with E-state index in [2.05, 4.69) is 22.3 Å². The van der Waals surface area contributed by atoms with E-state index in [1.54, 1.807) is 6.92 Å².